The van der Waals surface area contributed by atoms with Gasteiger partial charge in [0.1, 0.15) is 0 Å². The average Bonchev–Trinajstić information content (AvgIpc) is 3.03. The van der Waals surface area contributed by atoms with E-state index in [0.717, 1.165) is 19.4 Å². The number of aromatic nitrogens is 2. The van der Waals surface area contributed by atoms with Gasteiger partial charge in [-0.15, -0.1) is 0 Å². The highest BCUT2D eigenvalue weighted by Crippen LogP contribution is 2.14. The first-order chi connectivity index (χ1) is 11.1. The maximum Gasteiger partial charge on any atom is 0.261 e. The highest BCUT2D eigenvalue weighted by Gasteiger charge is 2.16. The van der Waals surface area contributed by atoms with E-state index >= 15 is 0 Å². The molecule has 1 aliphatic heterocycles. The third kappa shape index (κ3) is 4.09. The van der Waals surface area contributed by atoms with Crippen LogP contribution in [0.4, 0.5) is 0 Å². The Kier molecular flexibility index (Phi) is 5.27. The maximum absolute atomic E-state index is 12.4. The van der Waals surface area contributed by atoms with Gasteiger partial charge in [-0.05, 0) is 31.0 Å². The average molecular weight is 339 g/mol. The molecule has 0 spiro atoms. The van der Waals surface area contributed by atoms with Crippen LogP contribution in [0.15, 0.2) is 29.3 Å². The summed E-state index contributed by atoms with van der Waals surface area (Å²) in [6.45, 7) is 1.54. The van der Waals surface area contributed by atoms with Gasteiger partial charge in [-0.2, -0.15) is 0 Å². The van der Waals surface area contributed by atoms with Crippen LogP contribution >= 0.6 is 11.6 Å². The molecule has 1 saturated heterocycles. The first-order valence-corrected chi connectivity index (χ1v) is 8.03. The molecule has 23 heavy (non-hydrogen) atoms. The summed E-state index contributed by atoms with van der Waals surface area (Å²) < 4.78 is 12.3. The molecule has 0 bridgehead atoms. The van der Waals surface area contributed by atoms with Gasteiger partial charge in [-0.1, -0.05) is 11.6 Å². The minimum absolute atomic E-state index is 0.122. The van der Waals surface area contributed by atoms with Crippen LogP contribution < -0.4 is 5.56 Å². The van der Waals surface area contributed by atoms with Crippen LogP contribution in [-0.4, -0.2) is 46.7 Å². The molecule has 0 saturated carbocycles. The van der Waals surface area contributed by atoms with Gasteiger partial charge in [0.15, 0.2) is 0 Å². The maximum atomic E-state index is 12.4. The Balaban J connectivity index is 1.60. The summed E-state index contributed by atoms with van der Waals surface area (Å²) >= 11 is 5.89. The van der Waals surface area contributed by atoms with Gasteiger partial charge in [-0.25, -0.2) is 4.98 Å². The molecule has 6 nitrogen and oxygen atoms in total. The van der Waals surface area contributed by atoms with Crippen LogP contribution in [0.2, 0.25) is 5.02 Å². The van der Waals surface area contributed by atoms with E-state index in [1.165, 1.54) is 10.9 Å². The monoisotopic (exact) mass is 338 g/mol. The third-order valence-electron chi connectivity index (χ3n) is 3.83. The molecule has 1 aromatic heterocycles. The molecule has 1 N–H and O–H groups in total. The van der Waals surface area contributed by atoms with Crippen LogP contribution in [0.3, 0.4) is 0 Å². The lowest BCUT2D eigenvalue weighted by Gasteiger charge is -2.15. The molecule has 0 radical (unpaired) electrons. The largest absolute Gasteiger partial charge is 0.389 e. The summed E-state index contributed by atoms with van der Waals surface area (Å²) in [6, 6.07) is 4.94. The van der Waals surface area contributed by atoms with Crippen LogP contribution in [0.5, 0.6) is 0 Å². The molecular weight excluding hydrogens is 320 g/mol. The lowest BCUT2D eigenvalue weighted by Crippen LogP contribution is -2.30. The molecule has 2 atom stereocenters. The Morgan fingerprint density at radius 2 is 2.39 bits per heavy atom. The van der Waals surface area contributed by atoms with Gasteiger partial charge in [0, 0.05) is 11.6 Å². The Hall–Kier alpha value is -1.47. The Morgan fingerprint density at radius 3 is 3.17 bits per heavy atom. The predicted molar refractivity (Wildman–Crippen MR) is 86.8 cm³/mol. The van der Waals surface area contributed by atoms with Gasteiger partial charge in [-0.3, -0.25) is 9.36 Å². The van der Waals surface area contributed by atoms with Crippen molar-refractivity contribution in [2.24, 2.45) is 0 Å². The molecule has 1 aromatic carbocycles. The number of halogens is 1. The van der Waals surface area contributed by atoms with Crippen LogP contribution in [0.1, 0.15) is 12.8 Å². The van der Waals surface area contributed by atoms with Gasteiger partial charge in [0.05, 0.1) is 49.2 Å². The van der Waals surface area contributed by atoms with E-state index in [2.05, 4.69) is 4.98 Å². The smallest absolute Gasteiger partial charge is 0.261 e. The number of hydrogen-bond acceptors (Lipinski definition) is 5. The summed E-state index contributed by atoms with van der Waals surface area (Å²) in [6.07, 6.45) is 2.81. The normalized spacial score (nSPS) is 19.3. The van der Waals surface area contributed by atoms with Gasteiger partial charge in [0.2, 0.25) is 0 Å². The number of nitrogens with zero attached hydrogens (tertiary/aromatic N) is 2. The fourth-order valence-electron chi connectivity index (χ4n) is 2.65. The van der Waals surface area contributed by atoms with Crippen LogP contribution in [-0.2, 0) is 16.0 Å². The molecule has 3 rings (SSSR count). The van der Waals surface area contributed by atoms with Crippen molar-refractivity contribution in [3.05, 3.63) is 39.9 Å². The van der Waals surface area contributed by atoms with Crippen molar-refractivity contribution in [2.45, 2.75) is 31.6 Å². The third-order valence-corrected chi connectivity index (χ3v) is 4.07. The van der Waals surface area contributed by atoms with Crippen molar-refractivity contribution in [2.75, 3.05) is 19.8 Å². The SMILES string of the molecule is O=c1c2ccc(Cl)cc2ncn1CC(O)COCC1CCCO1. The van der Waals surface area contributed by atoms with Crippen molar-refractivity contribution in [1.29, 1.82) is 0 Å². The van der Waals surface area contributed by atoms with Gasteiger partial charge >= 0.3 is 0 Å². The number of aliphatic hydroxyl groups is 1. The molecule has 124 valence electrons. The summed E-state index contributed by atoms with van der Waals surface area (Å²) in [4.78, 5) is 16.6. The molecule has 7 heteroatoms. The second-order valence-electron chi connectivity index (χ2n) is 5.69. The zero-order valence-corrected chi connectivity index (χ0v) is 13.4. The van der Waals surface area contributed by atoms with E-state index in [4.69, 9.17) is 21.1 Å². The molecule has 1 fully saturated rings. The number of fused-ring (bicyclic) bond motifs is 1. The van der Waals surface area contributed by atoms with Gasteiger partial charge < -0.3 is 14.6 Å². The highest BCUT2D eigenvalue weighted by atomic mass is 35.5. The minimum Gasteiger partial charge on any atom is -0.389 e. The number of aliphatic hydroxyl groups excluding tert-OH is 1. The summed E-state index contributed by atoms with van der Waals surface area (Å²) in [5.41, 5.74) is 0.340. The van der Waals surface area contributed by atoms with Crippen molar-refractivity contribution < 1.29 is 14.6 Å². The van der Waals surface area contributed by atoms with E-state index in [9.17, 15) is 9.90 Å². The van der Waals surface area contributed by atoms with E-state index in [1.807, 2.05) is 0 Å². The first kappa shape index (κ1) is 16.4. The first-order valence-electron chi connectivity index (χ1n) is 7.65. The lowest BCUT2D eigenvalue weighted by molar-refractivity contribution is -0.0209. The van der Waals surface area contributed by atoms with Crippen LogP contribution in [0.25, 0.3) is 10.9 Å². The van der Waals surface area contributed by atoms with Gasteiger partial charge in [0.25, 0.3) is 5.56 Å². The van der Waals surface area contributed by atoms with E-state index in [0.29, 0.717) is 22.5 Å². The highest BCUT2D eigenvalue weighted by molar-refractivity contribution is 6.31. The predicted octanol–water partition coefficient (Wildman–Crippen LogP) is 1.61. The fraction of sp³-hybridized carbons (Fsp3) is 0.500. The van der Waals surface area contributed by atoms with Crippen LogP contribution in [0, 0.1) is 0 Å². The lowest BCUT2D eigenvalue weighted by atomic mass is 10.2. The van der Waals surface area contributed by atoms with Crippen molar-refractivity contribution in [3.8, 4) is 0 Å². The summed E-state index contributed by atoms with van der Waals surface area (Å²) in [7, 11) is 0. The summed E-state index contributed by atoms with van der Waals surface area (Å²) in [5.74, 6) is 0. The Labute approximate surface area is 138 Å². The Morgan fingerprint density at radius 1 is 1.52 bits per heavy atom. The van der Waals surface area contributed by atoms with Crippen molar-refractivity contribution in [3.63, 3.8) is 0 Å². The summed E-state index contributed by atoms with van der Waals surface area (Å²) in [5, 5.41) is 11.1. The zero-order chi connectivity index (χ0) is 16.2. The molecule has 2 unspecified atom stereocenters. The molecule has 0 amide bonds. The van der Waals surface area contributed by atoms with Crippen molar-refractivity contribution >= 4 is 22.5 Å². The Bertz CT molecular complexity index is 728. The zero-order valence-electron chi connectivity index (χ0n) is 12.7. The molecular formula is C16H19ClN2O4. The van der Waals surface area contributed by atoms with E-state index in [-0.39, 0.29) is 24.8 Å². The number of ether oxygens (including phenoxy) is 2. The number of hydrogen-bond donors (Lipinski definition) is 1. The second-order valence-corrected chi connectivity index (χ2v) is 6.13. The van der Waals surface area contributed by atoms with E-state index < -0.39 is 6.10 Å². The fourth-order valence-corrected chi connectivity index (χ4v) is 2.82. The standard InChI is InChI=1S/C16H19ClN2O4/c17-11-3-4-14-15(6-11)18-10-19(16(14)21)7-12(20)8-22-9-13-2-1-5-23-13/h3-4,6,10,12-13,20H,1-2,5,7-9H2. The minimum atomic E-state index is -0.777. The van der Waals surface area contributed by atoms with E-state index in [1.54, 1.807) is 18.2 Å². The second kappa shape index (κ2) is 7.40. The quantitative estimate of drug-likeness (QED) is 0.866. The topological polar surface area (TPSA) is 73.6 Å². The number of rotatable bonds is 6. The molecule has 1 aliphatic rings. The van der Waals surface area contributed by atoms with Crippen molar-refractivity contribution in [1.82, 2.24) is 9.55 Å². The number of benzene rings is 1. The molecule has 0 aliphatic carbocycles. The molecule has 2 aromatic rings. The molecule has 2 heterocycles.